The van der Waals surface area contributed by atoms with Crippen molar-refractivity contribution in [3.05, 3.63) is 58.1 Å². The predicted molar refractivity (Wildman–Crippen MR) is 69.7 cm³/mol. The van der Waals surface area contributed by atoms with E-state index >= 15 is 0 Å². The molecule has 2 heteroatoms. The van der Waals surface area contributed by atoms with Gasteiger partial charge in [-0.25, -0.2) is 0 Å². The lowest BCUT2D eigenvalue weighted by Gasteiger charge is -2.02. The molecular weight excluding hydrogens is 232 g/mol. The Morgan fingerprint density at radius 1 is 1.06 bits per heavy atom. The number of halogens is 1. The molecule has 0 atom stereocenters. The Morgan fingerprint density at radius 2 is 1.71 bits per heavy atom. The third-order valence-electron chi connectivity index (χ3n) is 3.25. The molecule has 2 aromatic carbocycles. The van der Waals surface area contributed by atoms with Gasteiger partial charge in [0.25, 0.3) is 0 Å². The van der Waals surface area contributed by atoms with Gasteiger partial charge in [0.15, 0.2) is 5.78 Å². The molecule has 0 saturated carbocycles. The van der Waals surface area contributed by atoms with Crippen LogP contribution in [0.4, 0.5) is 0 Å². The average molecular weight is 243 g/mol. The summed E-state index contributed by atoms with van der Waals surface area (Å²) in [6.07, 6.45) is 0.867. The average Bonchev–Trinajstić information content (AvgIpc) is 2.64. The van der Waals surface area contributed by atoms with E-state index in [-0.39, 0.29) is 5.78 Å². The van der Waals surface area contributed by atoms with Crippen molar-refractivity contribution in [3.8, 4) is 11.1 Å². The Balaban J connectivity index is 2.15. The molecule has 0 saturated heterocycles. The minimum Gasteiger partial charge on any atom is -0.295 e. The second-order valence-electron chi connectivity index (χ2n) is 4.41. The number of rotatable bonds is 1. The molecule has 0 aliphatic heterocycles. The van der Waals surface area contributed by atoms with E-state index in [2.05, 4.69) is 6.07 Å². The SMILES string of the molecule is CC(=O)c1ccc2c(c1)Cc1cc(Cl)ccc1-2. The van der Waals surface area contributed by atoms with Gasteiger partial charge in [-0.05, 0) is 53.8 Å². The van der Waals surface area contributed by atoms with Crippen LogP contribution in [0.3, 0.4) is 0 Å². The zero-order chi connectivity index (χ0) is 12.0. The highest BCUT2D eigenvalue weighted by molar-refractivity contribution is 6.30. The van der Waals surface area contributed by atoms with Crippen molar-refractivity contribution >= 4 is 17.4 Å². The summed E-state index contributed by atoms with van der Waals surface area (Å²) in [5, 5.41) is 0.767. The summed E-state index contributed by atoms with van der Waals surface area (Å²) in [6, 6.07) is 11.9. The van der Waals surface area contributed by atoms with Crippen LogP contribution in [0.1, 0.15) is 28.4 Å². The van der Waals surface area contributed by atoms with Crippen molar-refractivity contribution in [1.82, 2.24) is 0 Å². The van der Waals surface area contributed by atoms with E-state index in [1.54, 1.807) is 6.92 Å². The first-order valence-electron chi connectivity index (χ1n) is 5.58. The minimum atomic E-state index is 0.113. The van der Waals surface area contributed by atoms with Crippen LogP contribution in [0.2, 0.25) is 5.02 Å². The number of carbonyl (C=O) groups excluding carboxylic acids is 1. The van der Waals surface area contributed by atoms with Gasteiger partial charge in [-0.2, -0.15) is 0 Å². The highest BCUT2D eigenvalue weighted by Crippen LogP contribution is 2.38. The lowest BCUT2D eigenvalue weighted by atomic mass is 10.0. The van der Waals surface area contributed by atoms with Gasteiger partial charge in [-0.15, -0.1) is 0 Å². The highest BCUT2D eigenvalue weighted by atomic mass is 35.5. The molecule has 2 aromatic rings. The van der Waals surface area contributed by atoms with Crippen molar-refractivity contribution in [2.24, 2.45) is 0 Å². The lowest BCUT2D eigenvalue weighted by Crippen LogP contribution is -1.93. The van der Waals surface area contributed by atoms with Crippen molar-refractivity contribution in [3.63, 3.8) is 0 Å². The van der Waals surface area contributed by atoms with E-state index in [1.807, 2.05) is 30.3 Å². The topological polar surface area (TPSA) is 17.1 Å². The molecule has 3 rings (SSSR count). The molecule has 0 heterocycles. The lowest BCUT2D eigenvalue weighted by molar-refractivity contribution is 0.101. The first-order chi connectivity index (χ1) is 8.15. The number of hydrogen-bond donors (Lipinski definition) is 0. The second-order valence-corrected chi connectivity index (χ2v) is 4.84. The molecule has 1 nitrogen and oxygen atoms in total. The summed E-state index contributed by atoms with van der Waals surface area (Å²) < 4.78 is 0. The number of hydrogen-bond acceptors (Lipinski definition) is 1. The molecule has 17 heavy (non-hydrogen) atoms. The fourth-order valence-electron chi connectivity index (χ4n) is 2.40. The van der Waals surface area contributed by atoms with Gasteiger partial charge in [0, 0.05) is 10.6 Å². The van der Waals surface area contributed by atoms with Gasteiger partial charge >= 0.3 is 0 Å². The van der Waals surface area contributed by atoms with Gasteiger partial charge in [0.05, 0.1) is 0 Å². The summed E-state index contributed by atoms with van der Waals surface area (Å²) in [7, 11) is 0. The fraction of sp³-hybridized carbons (Fsp3) is 0.133. The first-order valence-corrected chi connectivity index (χ1v) is 5.95. The first kappa shape index (κ1) is 10.5. The standard InChI is InChI=1S/C15H11ClO/c1-9(17)10-2-4-14-11(6-10)7-12-8-13(16)3-5-15(12)14/h2-6,8H,7H2,1H3. The van der Waals surface area contributed by atoms with Gasteiger partial charge in [-0.3, -0.25) is 4.79 Å². The Hall–Kier alpha value is -1.60. The highest BCUT2D eigenvalue weighted by Gasteiger charge is 2.19. The van der Waals surface area contributed by atoms with Gasteiger partial charge in [0.2, 0.25) is 0 Å². The monoisotopic (exact) mass is 242 g/mol. The predicted octanol–water partition coefficient (Wildman–Crippen LogP) is 4.11. The Morgan fingerprint density at radius 3 is 2.41 bits per heavy atom. The zero-order valence-electron chi connectivity index (χ0n) is 9.46. The third kappa shape index (κ3) is 1.67. The second kappa shape index (κ2) is 3.71. The number of fused-ring (bicyclic) bond motifs is 3. The number of Topliss-reactive ketones (excluding diaryl/α,β-unsaturated/α-hetero) is 1. The summed E-state index contributed by atoms with van der Waals surface area (Å²) in [6.45, 7) is 1.60. The number of carbonyl (C=O) groups is 1. The molecule has 0 spiro atoms. The van der Waals surface area contributed by atoms with E-state index in [4.69, 9.17) is 11.6 Å². The maximum atomic E-state index is 11.4. The molecular formula is C15H11ClO. The van der Waals surface area contributed by atoms with Crippen molar-refractivity contribution < 1.29 is 4.79 Å². The van der Waals surface area contributed by atoms with Crippen LogP contribution in [0.15, 0.2) is 36.4 Å². The van der Waals surface area contributed by atoms with Gasteiger partial charge in [0.1, 0.15) is 0 Å². The molecule has 0 unspecified atom stereocenters. The number of ketones is 1. The normalized spacial score (nSPS) is 12.1. The van der Waals surface area contributed by atoms with Crippen molar-refractivity contribution in [2.45, 2.75) is 13.3 Å². The molecule has 0 amide bonds. The molecule has 0 aromatic heterocycles. The zero-order valence-corrected chi connectivity index (χ0v) is 10.2. The maximum absolute atomic E-state index is 11.4. The minimum absolute atomic E-state index is 0.113. The molecule has 84 valence electrons. The molecule has 0 radical (unpaired) electrons. The van der Waals surface area contributed by atoms with Crippen LogP contribution in [-0.4, -0.2) is 5.78 Å². The van der Waals surface area contributed by atoms with Crippen LogP contribution in [0.5, 0.6) is 0 Å². The van der Waals surface area contributed by atoms with Crippen molar-refractivity contribution in [2.75, 3.05) is 0 Å². The van der Waals surface area contributed by atoms with E-state index in [1.165, 1.54) is 22.3 Å². The molecule has 1 aliphatic rings. The Labute approximate surface area is 105 Å². The van der Waals surface area contributed by atoms with E-state index in [0.29, 0.717) is 0 Å². The smallest absolute Gasteiger partial charge is 0.159 e. The maximum Gasteiger partial charge on any atom is 0.159 e. The van der Waals surface area contributed by atoms with Crippen molar-refractivity contribution in [1.29, 1.82) is 0 Å². The van der Waals surface area contributed by atoms with Crippen LogP contribution >= 0.6 is 11.6 Å². The largest absolute Gasteiger partial charge is 0.295 e. The summed E-state index contributed by atoms with van der Waals surface area (Å²) in [4.78, 5) is 11.4. The van der Waals surface area contributed by atoms with E-state index in [9.17, 15) is 4.79 Å². The molecule has 1 aliphatic carbocycles. The van der Waals surface area contributed by atoms with Crippen LogP contribution < -0.4 is 0 Å². The van der Waals surface area contributed by atoms with E-state index in [0.717, 1.165) is 17.0 Å². The Kier molecular flexibility index (Phi) is 2.30. The molecule has 0 N–H and O–H groups in total. The fourth-order valence-corrected chi connectivity index (χ4v) is 2.59. The van der Waals surface area contributed by atoms with Crippen LogP contribution in [0, 0.1) is 0 Å². The van der Waals surface area contributed by atoms with Crippen LogP contribution in [-0.2, 0) is 6.42 Å². The number of benzene rings is 2. The van der Waals surface area contributed by atoms with Gasteiger partial charge < -0.3 is 0 Å². The quantitative estimate of drug-likeness (QED) is 0.587. The summed E-state index contributed by atoms with van der Waals surface area (Å²) in [5.41, 5.74) is 5.70. The van der Waals surface area contributed by atoms with Crippen LogP contribution in [0.25, 0.3) is 11.1 Å². The summed E-state index contributed by atoms with van der Waals surface area (Å²) >= 11 is 5.99. The van der Waals surface area contributed by atoms with E-state index < -0.39 is 0 Å². The molecule has 0 bridgehead atoms. The third-order valence-corrected chi connectivity index (χ3v) is 3.49. The van der Waals surface area contributed by atoms with Gasteiger partial charge in [-0.1, -0.05) is 29.8 Å². The summed E-state index contributed by atoms with van der Waals surface area (Å²) in [5.74, 6) is 0.113. The molecule has 0 fully saturated rings. The Bertz CT molecular complexity index is 629.